The van der Waals surface area contributed by atoms with Crippen molar-refractivity contribution < 1.29 is 9.84 Å². The van der Waals surface area contributed by atoms with Gasteiger partial charge in [-0.1, -0.05) is 12.1 Å². The Hall–Kier alpha value is -2.67. The number of aromatic nitrogens is 4. The average molecular weight is 299 g/mol. The first-order chi connectivity index (χ1) is 10.7. The van der Waals surface area contributed by atoms with E-state index in [4.69, 9.17) is 4.74 Å². The van der Waals surface area contributed by atoms with Gasteiger partial charge in [0.25, 0.3) is 0 Å². The van der Waals surface area contributed by atoms with Gasteiger partial charge in [0, 0.05) is 6.54 Å². The van der Waals surface area contributed by atoms with E-state index in [2.05, 4.69) is 20.5 Å². The molecule has 0 aliphatic rings. The van der Waals surface area contributed by atoms with Crippen molar-refractivity contribution in [2.75, 3.05) is 19.0 Å². The number of nitrogens with one attached hydrogen (secondary N) is 1. The van der Waals surface area contributed by atoms with Crippen LogP contribution >= 0.6 is 0 Å². The van der Waals surface area contributed by atoms with Crippen LogP contribution in [-0.4, -0.2) is 38.6 Å². The maximum Gasteiger partial charge on any atom is 0.176 e. The molecule has 0 bridgehead atoms. The number of aliphatic hydroxyl groups excluding tert-OH is 1. The van der Waals surface area contributed by atoms with E-state index in [1.54, 1.807) is 7.11 Å². The second-order valence-electron chi connectivity index (χ2n) is 4.90. The van der Waals surface area contributed by atoms with Crippen LogP contribution in [0.4, 0.5) is 5.82 Å². The van der Waals surface area contributed by atoms with Gasteiger partial charge >= 0.3 is 0 Å². The Labute approximate surface area is 127 Å². The fourth-order valence-corrected chi connectivity index (χ4v) is 2.13. The lowest BCUT2D eigenvalue weighted by atomic mass is 10.1. The van der Waals surface area contributed by atoms with Crippen molar-refractivity contribution in [2.45, 2.75) is 13.0 Å². The zero-order valence-electron chi connectivity index (χ0n) is 12.4. The number of rotatable bonds is 5. The number of ether oxygens (including phenoxy) is 1. The van der Waals surface area contributed by atoms with Gasteiger partial charge in [0.15, 0.2) is 5.65 Å². The Kier molecular flexibility index (Phi) is 3.88. The molecule has 1 aromatic carbocycles. The van der Waals surface area contributed by atoms with Crippen LogP contribution in [0.25, 0.3) is 5.65 Å². The van der Waals surface area contributed by atoms with Crippen molar-refractivity contribution in [2.24, 2.45) is 0 Å². The van der Waals surface area contributed by atoms with Crippen LogP contribution in [0.3, 0.4) is 0 Å². The van der Waals surface area contributed by atoms with E-state index in [0.29, 0.717) is 23.8 Å². The van der Waals surface area contributed by atoms with Crippen molar-refractivity contribution in [3.05, 3.63) is 47.8 Å². The molecule has 2 N–H and O–H groups in total. The third-order valence-electron chi connectivity index (χ3n) is 3.29. The molecule has 0 aliphatic carbocycles. The van der Waals surface area contributed by atoms with Gasteiger partial charge in [-0.05, 0) is 36.8 Å². The van der Waals surface area contributed by atoms with Crippen molar-refractivity contribution >= 4 is 11.5 Å². The Morgan fingerprint density at radius 1 is 1.18 bits per heavy atom. The van der Waals surface area contributed by atoms with Crippen LogP contribution in [-0.2, 0) is 0 Å². The average Bonchev–Trinajstić information content (AvgIpc) is 2.92. The highest BCUT2D eigenvalue weighted by Gasteiger charge is 2.08. The lowest BCUT2D eigenvalue weighted by Crippen LogP contribution is -2.13. The molecule has 3 aromatic rings. The minimum atomic E-state index is -0.638. The fraction of sp³-hybridized carbons (Fsp3) is 0.267. The number of benzene rings is 1. The zero-order chi connectivity index (χ0) is 15.5. The molecule has 2 heterocycles. The smallest absolute Gasteiger partial charge is 0.176 e. The predicted octanol–water partition coefficient (Wildman–Crippen LogP) is 1.59. The molecule has 3 rings (SSSR count). The highest BCUT2D eigenvalue weighted by molar-refractivity contribution is 5.43. The van der Waals surface area contributed by atoms with Gasteiger partial charge in [-0.3, -0.25) is 0 Å². The van der Waals surface area contributed by atoms with Crippen LogP contribution < -0.4 is 10.1 Å². The number of anilines is 1. The first-order valence-electron chi connectivity index (χ1n) is 6.92. The number of aryl methyl sites for hydroxylation is 1. The molecule has 0 aliphatic heterocycles. The van der Waals surface area contributed by atoms with Crippen LogP contribution in [0.2, 0.25) is 0 Å². The van der Waals surface area contributed by atoms with E-state index in [1.807, 2.05) is 43.3 Å². The monoisotopic (exact) mass is 299 g/mol. The predicted molar refractivity (Wildman–Crippen MR) is 82.0 cm³/mol. The molecule has 0 unspecified atom stereocenters. The van der Waals surface area contributed by atoms with Crippen molar-refractivity contribution in [3.63, 3.8) is 0 Å². The molecule has 1 atom stereocenters. The van der Waals surface area contributed by atoms with E-state index >= 15 is 0 Å². The highest BCUT2D eigenvalue weighted by atomic mass is 16.5. The molecule has 0 saturated carbocycles. The topological polar surface area (TPSA) is 84.6 Å². The quantitative estimate of drug-likeness (QED) is 0.744. The summed E-state index contributed by atoms with van der Waals surface area (Å²) in [7, 11) is 1.61. The lowest BCUT2D eigenvalue weighted by molar-refractivity contribution is 0.191. The van der Waals surface area contributed by atoms with E-state index < -0.39 is 6.10 Å². The minimum Gasteiger partial charge on any atom is -0.497 e. The largest absolute Gasteiger partial charge is 0.497 e. The Morgan fingerprint density at radius 2 is 1.95 bits per heavy atom. The molecular weight excluding hydrogens is 282 g/mol. The first kappa shape index (κ1) is 14.3. The number of nitrogens with zero attached hydrogens (tertiary/aromatic N) is 4. The minimum absolute atomic E-state index is 0.346. The van der Waals surface area contributed by atoms with Crippen molar-refractivity contribution in [1.29, 1.82) is 0 Å². The molecule has 0 saturated heterocycles. The number of aliphatic hydroxyl groups is 1. The van der Waals surface area contributed by atoms with Gasteiger partial charge in [-0.2, -0.15) is 0 Å². The summed E-state index contributed by atoms with van der Waals surface area (Å²) in [6.07, 6.45) is -0.638. The maximum atomic E-state index is 10.2. The number of hydrogen-bond acceptors (Lipinski definition) is 6. The molecule has 7 nitrogen and oxygen atoms in total. The molecule has 114 valence electrons. The Balaban J connectivity index is 1.66. The summed E-state index contributed by atoms with van der Waals surface area (Å²) in [5.74, 6) is 2.06. The molecule has 0 amide bonds. The third-order valence-corrected chi connectivity index (χ3v) is 3.29. The molecular formula is C15H17N5O2. The van der Waals surface area contributed by atoms with Gasteiger partial charge in [-0.15, -0.1) is 14.8 Å². The summed E-state index contributed by atoms with van der Waals surface area (Å²) in [5, 5.41) is 21.7. The number of methoxy groups -OCH3 is 1. The van der Waals surface area contributed by atoms with Crippen molar-refractivity contribution in [1.82, 2.24) is 19.8 Å². The first-order valence-corrected chi connectivity index (χ1v) is 6.92. The summed E-state index contributed by atoms with van der Waals surface area (Å²) in [4.78, 5) is 4.21. The molecule has 2 aromatic heterocycles. The zero-order valence-corrected chi connectivity index (χ0v) is 12.4. The van der Waals surface area contributed by atoms with E-state index in [0.717, 1.165) is 11.3 Å². The standard InChI is InChI=1S/C15H17N5O2/c1-10-17-15-8-7-14(19-20(15)18-10)16-9-13(21)11-3-5-12(22-2)6-4-11/h3-8,13,21H,9H2,1-2H3,(H,16,19)/t13-/m1/s1. The van der Waals surface area contributed by atoms with E-state index in [1.165, 1.54) is 4.63 Å². The lowest BCUT2D eigenvalue weighted by Gasteiger charge is -2.13. The van der Waals surface area contributed by atoms with Crippen LogP contribution in [0.1, 0.15) is 17.5 Å². The number of hydrogen-bond donors (Lipinski definition) is 2. The second kappa shape index (κ2) is 5.98. The summed E-state index contributed by atoms with van der Waals surface area (Å²) in [5.41, 5.74) is 1.50. The van der Waals surface area contributed by atoms with Crippen LogP contribution in [0, 0.1) is 6.92 Å². The molecule has 0 fully saturated rings. The SMILES string of the molecule is COc1ccc([C@H](O)CNc2ccc3nc(C)nn3n2)cc1. The number of fused-ring (bicyclic) bond motifs is 1. The van der Waals surface area contributed by atoms with Gasteiger partial charge in [-0.25, -0.2) is 4.98 Å². The maximum absolute atomic E-state index is 10.2. The summed E-state index contributed by atoms with van der Waals surface area (Å²) < 4.78 is 6.57. The van der Waals surface area contributed by atoms with Crippen LogP contribution in [0.5, 0.6) is 5.75 Å². The molecule has 0 spiro atoms. The highest BCUT2D eigenvalue weighted by Crippen LogP contribution is 2.18. The van der Waals surface area contributed by atoms with E-state index in [-0.39, 0.29) is 0 Å². The van der Waals surface area contributed by atoms with Gasteiger partial charge in [0.1, 0.15) is 17.4 Å². The van der Waals surface area contributed by atoms with Gasteiger partial charge in [0.05, 0.1) is 13.2 Å². The van der Waals surface area contributed by atoms with E-state index in [9.17, 15) is 5.11 Å². The third kappa shape index (κ3) is 2.99. The molecule has 22 heavy (non-hydrogen) atoms. The summed E-state index contributed by atoms with van der Waals surface area (Å²) >= 11 is 0. The Bertz CT molecular complexity index is 769. The normalized spacial score (nSPS) is 12.3. The van der Waals surface area contributed by atoms with Gasteiger partial charge in [0.2, 0.25) is 0 Å². The van der Waals surface area contributed by atoms with Crippen LogP contribution in [0.15, 0.2) is 36.4 Å². The van der Waals surface area contributed by atoms with Crippen molar-refractivity contribution in [3.8, 4) is 5.75 Å². The molecule has 7 heteroatoms. The summed E-state index contributed by atoms with van der Waals surface area (Å²) in [6, 6.07) is 11.0. The summed E-state index contributed by atoms with van der Waals surface area (Å²) in [6.45, 7) is 2.16. The fourth-order valence-electron chi connectivity index (χ4n) is 2.13. The van der Waals surface area contributed by atoms with Gasteiger partial charge < -0.3 is 15.2 Å². The molecule has 0 radical (unpaired) electrons. The Morgan fingerprint density at radius 3 is 2.68 bits per heavy atom. The second-order valence-corrected chi connectivity index (χ2v) is 4.90.